The second-order valence-corrected chi connectivity index (χ2v) is 3.14. The monoisotopic (exact) mass is 192 g/mol. The number of carboxylic acid groups (broad SMARTS) is 1. The molecule has 1 aromatic carbocycles. The van der Waals surface area contributed by atoms with Crippen LogP contribution in [0.15, 0.2) is 36.4 Å². The van der Waals surface area contributed by atoms with Crippen LogP contribution >= 0.6 is 0 Å². The summed E-state index contributed by atoms with van der Waals surface area (Å²) < 4.78 is 0. The molecule has 1 aromatic rings. The minimum Gasteiger partial charge on any atom is -0.478 e. The van der Waals surface area contributed by atoms with E-state index in [-0.39, 0.29) is 5.57 Å². The number of aryl methyl sites for hydroxylation is 1. The minimum absolute atomic E-state index is 0.214. The molecule has 0 radical (unpaired) electrons. The quantitative estimate of drug-likeness (QED) is 0.716. The zero-order valence-electron chi connectivity index (χ0n) is 7.90. The van der Waals surface area contributed by atoms with Gasteiger partial charge in [0, 0.05) is 0 Å². The number of carbonyl (C=O) groups is 1. The van der Waals surface area contributed by atoms with Gasteiger partial charge in [0.05, 0.1) is 5.57 Å². The van der Waals surface area contributed by atoms with Crippen LogP contribution in [0, 0.1) is 6.92 Å². The molecule has 1 atom stereocenters. The van der Waals surface area contributed by atoms with Crippen LogP contribution in [0.25, 0.3) is 0 Å². The first kappa shape index (κ1) is 10.5. The van der Waals surface area contributed by atoms with Crippen LogP contribution in [0.1, 0.15) is 17.2 Å². The van der Waals surface area contributed by atoms with Crippen LogP contribution in [0.5, 0.6) is 0 Å². The zero-order chi connectivity index (χ0) is 10.7. The van der Waals surface area contributed by atoms with E-state index in [0.29, 0.717) is 5.56 Å². The van der Waals surface area contributed by atoms with Gasteiger partial charge in [0.25, 0.3) is 0 Å². The summed E-state index contributed by atoms with van der Waals surface area (Å²) in [5.74, 6) is -1.18. The van der Waals surface area contributed by atoms with Gasteiger partial charge in [-0.05, 0) is 12.5 Å². The van der Waals surface area contributed by atoms with E-state index in [1.54, 1.807) is 12.1 Å². The van der Waals surface area contributed by atoms with Gasteiger partial charge in [-0.15, -0.1) is 0 Å². The number of aliphatic hydroxyl groups is 1. The number of benzene rings is 1. The predicted octanol–water partition coefficient (Wildman–Crippen LogP) is 1.67. The van der Waals surface area contributed by atoms with Crippen LogP contribution < -0.4 is 0 Å². The third-order valence-corrected chi connectivity index (χ3v) is 2.00. The maximum Gasteiger partial charge on any atom is 0.333 e. The summed E-state index contributed by atoms with van der Waals surface area (Å²) in [6, 6.07) is 7.00. The molecule has 74 valence electrons. The fraction of sp³-hybridized carbons (Fsp3) is 0.182. The van der Waals surface area contributed by atoms with Gasteiger partial charge < -0.3 is 10.2 Å². The normalized spacial score (nSPS) is 12.1. The molecule has 1 rings (SSSR count). The van der Waals surface area contributed by atoms with E-state index in [4.69, 9.17) is 5.11 Å². The average molecular weight is 192 g/mol. The summed E-state index contributed by atoms with van der Waals surface area (Å²) in [6.07, 6.45) is -1.13. The Morgan fingerprint density at radius 2 is 1.86 bits per heavy atom. The Labute approximate surface area is 82.3 Å². The Kier molecular flexibility index (Phi) is 3.04. The molecule has 0 aliphatic carbocycles. The largest absolute Gasteiger partial charge is 0.478 e. The average Bonchev–Trinajstić information content (AvgIpc) is 2.16. The Morgan fingerprint density at radius 3 is 2.29 bits per heavy atom. The maximum absolute atomic E-state index is 10.5. The Hall–Kier alpha value is -1.61. The smallest absolute Gasteiger partial charge is 0.333 e. The molecule has 2 N–H and O–H groups in total. The van der Waals surface area contributed by atoms with Crippen molar-refractivity contribution in [1.82, 2.24) is 0 Å². The molecule has 1 unspecified atom stereocenters. The lowest BCUT2D eigenvalue weighted by atomic mass is 10.0. The van der Waals surface area contributed by atoms with Gasteiger partial charge in [0.2, 0.25) is 0 Å². The molecule has 0 saturated carbocycles. The minimum atomic E-state index is -1.18. The summed E-state index contributed by atoms with van der Waals surface area (Å²) in [6.45, 7) is 5.22. The van der Waals surface area contributed by atoms with Gasteiger partial charge in [0.15, 0.2) is 0 Å². The Balaban J connectivity index is 2.89. The molecular weight excluding hydrogens is 180 g/mol. The van der Waals surface area contributed by atoms with Gasteiger partial charge in [-0.3, -0.25) is 0 Å². The highest BCUT2D eigenvalue weighted by Crippen LogP contribution is 2.20. The summed E-state index contributed by atoms with van der Waals surface area (Å²) >= 11 is 0. The highest BCUT2D eigenvalue weighted by atomic mass is 16.4. The van der Waals surface area contributed by atoms with Gasteiger partial charge in [-0.1, -0.05) is 36.4 Å². The number of aliphatic carboxylic acids is 1. The van der Waals surface area contributed by atoms with Crippen LogP contribution in [-0.2, 0) is 4.79 Å². The maximum atomic E-state index is 10.5. The van der Waals surface area contributed by atoms with Crippen LogP contribution in [0.4, 0.5) is 0 Å². The molecule has 0 fully saturated rings. The Bertz CT molecular complexity index is 351. The van der Waals surface area contributed by atoms with Crippen molar-refractivity contribution in [2.24, 2.45) is 0 Å². The first-order valence-electron chi connectivity index (χ1n) is 4.19. The third kappa shape index (κ3) is 2.20. The molecule has 0 amide bonds. The lowest BCUT2D eigenvalue weighted by Gasteiger charge is -2.10. The second kappa shape index (κ2) is 4.07. The molecule has 0 aliphatic heterocycles. The van der Waals surface area contributed by atoms with E-state index in [0.717, 1.165) is 5.56 Å². The van der Waals surface area contributed by atoms with Crippen molar-refractivity contribution in [2.45, 2.75) is 13.0 Å². The topological polar surface area (TPSA) is 57.5 Å². The highest BCUT2D eigenvalue weighted by Gasteiger charge is 2.16. The van der Waals surface area contributed by atoms with Crippen molar-refractivity contribution in [3.05, 3.63) is 47.5 Å². The van der Waals surface area contributed by atoms with E-state index >= 15 is 0 Å². The van der Waals surface area contributed by atoms with E-state index in [2.05, 4.69) is 6.58 Å². The molecule has 0 spiro atoms. The molecule has 3 nitrogen and oxygen atoms in total. The van der Waals surface area contributed by atoms with Crippen LogP contribution in [0.2, 0.25) is 0 Å². The highest BCUT2D eigenvalue weighted by molar-refractivity contribution is 5.87. The molecular formula is C11H12O3. The Morgan fingerprint density at radius 1 is 1.36 bits per heavy atom. The first-order valence-corrected chi connectivity index (χ1v) is 4.19. The van der Waals surface area contributed by atoms with Gasteiger partial charge in [-0.2, -0.15) is 0 Å². The van der Waals surface area contributed by atoms with E-state index in [1.165, 1.54) is 0 Å². The van der Waals surface area contributed by atoms with Crippen molar-refractivity contribution in [1.29, 1.82) is 0 Å². The molecule has 0 aliphatic rings. The molecule has 3 heteroatoms. The van der Waals surface area contributed by atoms with Crippen LogP contribution in [0.3, 0.4) is 0 Å². The van der Waals surface area contributed by atoms with Crippen molar-refractivity contribution >= 4 is 5.97 Å². The van der Waals surface area contributed by atoms with E-state index in [9.17, 15) is 9.90 Å². The summed E-state index contributed by atoms with van der Waals surface area (Å²) in [4.78, 5) is 10.5. The second-order valence-electron chi connectivity index (χ2n) is 3.14. The SMILES string of the molecule is C=C(C(=O)O)C(O)c1ccc(C)cc1. The fourth-order valence-corrected chi connectivity index (χ4v) is 1.07. The van der Waals surface area contributed by atoms with Crippen LogP contribution in [-0.4, -0.2) is 16.2 Å². The lowest BCUT2D eigenvalue weighted by Crippen LogP contribution is -2.09. The summed E-state index contributed by atoms with van der Waals surface area (Å²) in [7, 11) is 0. The number of rotatable bonds is 3. The molecule has 14 heavy (non-hydrogen) atoms. The first-order chi connectivity index (χ1) is 6.52. The summed E-state index contributed by atoms with van der Waals surface area (Å²) in [5, 5.41) is 18.2. The van der Waals surface area contributed by atoms with Crippen molar-refractivity contribution in [3.8, 4) is 0 Å². The van der Waals surface area contributed by atoms with Gasteiger partial charge >= 0.3 is 5.97 Å². The molecule has 0 heterocycles. The van der Waals surface area contributed by atoms with E-state index < -0.39 is 12.1 Å². The van der Waals surface area contributed by atoms with Crippen molar-refractivity contribution in [3.63, 3.8) is 0 Å². The standard InChI is InChI=1S/C11H12O3/c1-7-3-5-9(6-4-7)10(12)8(2)11(13)14/h3-6,10,12H,2H2,1H3,(H,13,14). The lowest BCUT2D eigenvalue weighted by molar-refractivity contribution is -0.133. The molecule has 0 aromatic heterocycles. The van der Waals surface area contributed by atoms with E-state index in [1.807, 2.05) is 19.1 Å². The number of hydrogen-bond donors (Lipinski definition) is 2. The predicted molar refractivity (Wildman–Crippen MR) is 52.9 cm³/mol. The molecule has 0 bridgehead atoms. The van der Waals surface area contributed by atoms with Gasteiger partial charge in [0.1, 0.15) is 6.10 Å². The number of hydrogen-bond acceptors (Lipinski definition) is 2. The van der Waals surface area contributed by atoms with Crippen molar-refractivity contribution in [2.75, 3.05) is 0 Å². The molecule has 0 saturated heterocycles. The zero-order valence-corrected chi connectivity index (χ0v) is 7.90. The third-order valence-electron chi connectivity index (χ3n) is 2.00. The number of aliphatic hydroxyl groups excluding tert-OH is 1. The summed E-state index contributed by atoms with van der Waals surface area (Å²) in [5.41, 5.74) is 1.39. The fourth-order valence-electron chi connectivity index (χ4n) is 1.07. The number of carboxylic acids is 1. The van der Waals surface area contributed by atoms with Gasteiger partial charge in [-0.25, -0.2) is 4.79 Å². The van der Waals surface area contributed by atoms with Crippen molar-refractivity contribution < 1.29 is 15.0 Å².